The molecule has 0 atom stereocenters. The van der Waals surface area contributed by atoms with E-state index in [1.165, 1.54) is 12.1 Å². The van der Waals surface area contributed by atoms with Gasteiger partial charge in [0.15, 0.2) is 0 Å². The molecule has 0 saturated carbocycles. The van der Waals surface area contributed by atoms with Crippen molar-refractivity contribution in [1.29, 1.82) is 0 Å². The third-order valence-corrected chi connectivity index (χ3v) is 4.41. The number of likely N-dealkylation sites (N-methyl/N-ethyl adjacent to an activating group) is 1. The maximum absolute atomic E-state index is 13.6. The van der Waals surface area contributed by atoms with E-state index in [-0.39, 0.29) is 24.6 Å². The molecule has 0 radical (unpaired) electrons. The van der Waals surface area contributed by atoms with E-state index in [0.717, 1.165) is 4.31 Å². The molecule has 96 valence electrons. The van der Waals surface area contributed by atoms with Gasteiger partial charge in [0.1, 0.15) is 10.7 Å². The number of hydrogen-bond donors (Lipinski definition) is 1. The highest BCUT2D eigenvalue weighted by Gasteiger charge is 2.25. The number of sulfonamides is 1. The van der Waals surface area contributed by atoms with E-state index in [4.69, 9.17) is 5.11 Å². The predicted octanol–water partition coefficient (Wildman–Crippen LogP) is 1.14. The largest absolute Gasteiger partial charge is 0.395 e. The van der Waals surface area contributed by atoms with Crippen LogP contribution in [0.25, 0.3) is 0 Å². The lowest BCUT2D eigenvalue weighted by Crippen LogP contribution is -2.33. The Labute approximate surface area is 101 Å². The van der Waals surface area contributed by atoms with Gasteiger partial charge in [-0.25, -0.2) is 12.8 Å². The first-order valence-electron chi connectivity index (χ1n) is 5.30. The van der Waals surface area contributed by atoms with Gasteiger partial charge in [0.25, 0.3) is 0 Å². The average Bonchev–Trinajstić information content (AvgIpc) is 2.24. The maximum Gasteiger partial charge on any atom is 0.246 e. The van der Waals surface area contributed by atoms with Gasteiger partial charge in [0, 0.05) is 13.1 Å². The van der Waals surface area contributed by atoms with Crippen molar-refractivity contribution in [3.05, 3.63) is 29.6 Å². The van der Waals surface area contributed by atoms with E-state index in [2.05, 4.69) is 0 Å². The molecule has 1 N–H and O–H groups in total. The SMILES string of the molecule is CCN(CCO)S(=O)(=O)c1ccc(C)cc1F. The van der Waals surface area contributed by atoms with Gasteiger partial charge in [-0.1, -0.05) is 13.0 Å². The summed E-state index contributed by atoms with van der Waals surface area (Å²) in [5, 5.41) is 8.79. The standard InChI is InChI=1S/C11H16FNO3S/c1-3-13(6-7-14)17(15,16)11-5-4-9(2)8-10(11)12/h4-5,8,14H,3,6-7H2,1-2H3. The van der Waals surface area contributed by atoms with Gasteiger partial charge in [-0.05, 0) is 24.6 Å². The van der Waals surface area contributed by atoms with Gasteiger partial charge in [0.2, 0.25) is 10.0 Å². The Hall–Kier alpha value is -0.980. The third kappa shape index (κ3) is 3.02. The summed E-state index contributed by atoms with van der Waals surface area (Å²) in [5.74, 6) is -0.763. The first-order valence-corrected chi connectivity index (χ1v) is 6.74. The van der Waals surface area contributed by atoms with Crippen molar-refractivity contribution in [2.75, 3.05) is 19.7 Å². The molecule has 0 aromatic heterocycles. The summed E-state index contributed by atoms with van der Waals surface area (Å²) in [5.41, 5.74) is 0.659. The Morgan fingerprint density at radius 2 is 2.06 bits per heavy atom. The molecule has 0 aliphatic heterocycles. The van der Waals surface area contributed by atoms with Crippen molar-refractivity contribution >= 4 is 10.0 Å². The van der Waals surface area contributed by atoms with Crippen molar-refractivity contribution in [1.82, 2.24) is 4.31 Å². The van der Waals surface area contributed by atoms with Crippen molar-refractivity contribution < 1.29 is 17.9 Å². The van der Waals surface area contributed by atoms with Crippen LogP contribution >= 0.6 is 0 Å². The molecule has 0 aliphatic carbocycles. The molecule has 0 spiro atoms. The summed E-state index contributed by atoms with van der Waals surface area (Å²) < 4.78 is 38.8. The van der Waals surface area contributed by atoms with Crippen molar-refractivity contribution in [2.45, 2.75) is 18.7 Å². The van der Waals surface area contributed by atoms with Crippen LogP contribution in [0.15, 0.2) is 23.1 Å². The number of halogens is 1. The minimum Gasteiger partial charge on any atom is -0.395 e. The molecule has 1 rings (SSSR count). The van der Waals surface area contributed by atoms with Crippen LogP contribution in [-0.4, -0.2) is 37.5 Å². The smallest absolute Gasteiger partial charge is 0.246 e. The first kappa shape index (κ1) is 14.1. The van der Waals surface area contributed by atoms with E-state index in [1.807, 2.05) is 0 Å². The van der Waals surface area contributed by atoms with Crippen LogP contribution in [0, 0.1) is 12.7 Å². The summed E-state index contributed by atoms with van der Waals surface area (Å²) in [7, 11) is -3.86. The number of aliphatic hydroxyl groups excluding tert-OH is 1. The zero-order valence-corrected chi connectivity index (χ0v) is 10.7. The highest BCUT2D eigenvalue weighted by molar-refractivity contribution is 7.89. The highest BCUT2D eigenvalue weighted by atomic mass is 32.2. The monoisotopic (exact) mass is 261 g/mol. The van der Waals surface area contributed by atoms with Crippen LogP contribution in [0.5, 0.6) is 0 Å². The summed E-state index contributed by atoms with van der Waals surface area (Å²) in [6.45, 7) is 3.19. The molecule has 0 bridgehead atoms. The Bertz CT molecular complexity index is 487. The van der Waals surface area contributed by atoms with Gasteiger partial charge in [-0.2, -0.15) is 4.31 Å². The lowest BCUT2D eigenvalue weighted by atomic mass is 10.2. The summed E-state index contributed by atoms with van der Waals surface area (Å²) in [6, 6.07) is 3.97. The summed E-state index contributed by atoms with van der Waals surface area (Å²) in [6.07, 6.45) is 0. The van der Waals surface area contributed by atoms with Crippen LogP contribution in [0.2, 0.25) is 0 Å². The van der Waals surface area contributed by atoms with Crippen molar-refractivity contribution in [2.24, 2.45) is 0 Å². The predicted molar refractivity (Wildman–Crippen MR) is 62.7 cm³/mol. The number of rotatable bonds is 5. The van der Waals surface area contributed by atoms with E-state index in [0.29, 0.717) is 5.56 Å². The fraction of sp³-hybridized carbons (Fsp3) is 0.455. The molecule has 1 aromatic rings. The first-order chi connectivity index (χ1) is 7.93. The molecule has 6 heteroatoms. The van der Waals surface area contributed by atoms with Gasteiger partial charge in [0.05, 0.1) is 6.61 Å². The van der Waals surface area contributed by atoms with Crippen LogP contribution in [0.1, 0.15) is 12.5 Å². The van der Waals surface area contributed by atoms with Crippen LogP contribution in [0.3, 0.4) is 0 Å². The molecular weight excluding hydrogens is 245 g/mol. The minimum atomic E-state index is -3.86. The lowest BCUT2D eigenvalue weighted by Gasteiger charge is -2.19. The number of aryl methyl sites for hydroxylation is 1. The maximum atomic E-state index is 13.6. The number of nitrogens with zero attached hydrogens (tertiary/aromatic N) is 1. The molecule has 4 nitrogen and oxygen atoms in total. The summed E-state index contributed by atoms with van der Waals surface area (Å²) >= 11 is 0. The normalized spacial score (nSPS) is 12.1. The second kappa shape index (κ2) is 5.57. The lowest BCUT2D eigenvalue weighted by molar-refractivity contribution is 0.256. The molecular formula is C11H16FNO3S. The Balaban J connectivity index is 3.20. The Kier molecular flexibility index (Phi) is 4.62. The molecule has 0 saturated heterocycles. The quantitative estimate of drug-likeness (QED) is 0.864. The second-order valence-corrected chi connectivity index (χ2v) is 5.56. The summed E-state index contributed by atoms with van der Waals surface area (Å²) in [4.78, 5) is -0.349. The Morgan fingerprint density at radius 3 is 2.53 bits per heavy atom. The van der Waals surface area contributed by atoms with Crippen molar-refractivity contribution in [3.8, 4) is 0 Å². The minimum absolute atomic E-state index is 0.0356. The molecule has 0 aliphatic rings. The van der Waals surface area contributed by atoms with Crippen LogP contribution in [-0.2, 0) is 10.0 Å². The number of aliphatic hydroxyl groups is 1. The van der Waals surface area contributed by atoms with Gasteiger partial charge in [-0.3, -0.25) is 0 Å². The highest BCUT2D eigenvalue weighted by Crippen LogP contribution is 2.19. The molecule has 1 aromatic carbocycles. The number of hydrogen-bond acceptors (Lipinski definition) is 3. The number of benzene rings is 1. The fourth-order valence-corrected chi connectivity index (χ4v) is 3.00. The fourth-order valence-electron chi connectivity index (χ4n) is 1.51. The molecule has 0 amide bonds. The molecule has 0 unspecified atom stereocenters. The third-order valence-electron chi connectivity index (χ3n) is 2.41. The van der Waals surface area contributed by atoms with Crippen LogP contribution < -0.4 is 0 Å². The zero-order valence-electron chi connectivity index (χ0n) is 9.85. The van der Waals surface area contributed by atoms with Gasteiger partial charge in [-0.15, -0.1) is 0 Å². The van der Waals surface area contributed by atoms with E-state index in [1.54, 1.807) is 19.9 Å². The Morgan fingerprint density at radius 1 is 1.41 bits per heavy atom. The van der Waals surface area contributed by atoms with Gasteiger partial charge < -0.3 is 5.11 Å². The van der Waals surface area contributed by atoms with E-state index >= 15 is 0 Å². The molecule has 0 heterocycles. The van der Waals surface area contributed by atoms with E-state index < -0.39 is 15.8 Å². The van der Waals surface area contributed by atoms with Gasteiger partial charge >= 0.3 is 0 Å². The topological polar surface area (TPSA) is 57.6 Å². The second-order valence-electron chi connectivity index (χ2n) is 3.65. The average molecular weight is 261 g/mol. The van der Waals surface area contributed by atoms with E-state index in [9.17, 15) is 12.8 Å². The van der Waals surface area contributed by atoms with Crippen molar-refractivity contribution in [3.63, 3.8) is 0 Å². The van der Waals surface area contributed by atoms with Crippen LogP contribution in [0.4, 0.5) is 4.39 Å². The molecule has 17 heavy (non-hydrogen) atoms. The molecule has 0 fully saturated rings. The zero-order chi connectivity index (χ0) is 13.1.